The van der Waals surface area contributed by atoms with Gasteiger partial charge in [-0.25, -0.2) is 0 Å². The molecule has 8 rings (SSSR count). The van der Waals surface area contributed by atoms with Gasteiger partial charge in [0.25, 0.3) is 0 Å². The number of aliphatic hydroxyl groups excluding tert-OH is 1. The van der Waals surface area contributed by atoms with E-state index in [0.29, 0.717) is 24.0 Å². The van der Waals surface area contributed by atoms with Crippen LogP contribution in [0.3, 0.4) is 0 Å². The van der Waals surface area contributed by atoms with Crippen LogP contribution in [0, 0.1) is 35.5 Å². The molecular formula is C70H118N4O22V2. The standard InChI is InChI=1S/C35H60N2O11.C35H58N2O11.2V/c2*1-13-26-35(10,42)30-23(7)31(40)36-19(3)15-34(9,44-17-18(2)16-43-30)29(21(5)27(39)22(6)32(41)47-26)48-33-28(46-24(8)38)25(37(11)12)14-20(4)45-33;;/h19-23,25-30,33,39,42H,2,13-17H2,1,3-12H3,(H,36,40);19-23,25-26,28-30,33,42H,2,13-17H2,1,3-12H3,(H,36,40);;/t19-,20-,21+,22-,23-,25+,26-,27+,28-,29-,30-,33+,34-,35-;19-,20-,21+,22-,23-,25+,26-,28-,29-,30-,33+,34-,35-;;/m11../s1. The molecule has 0 spiro atoms. The third kappa shape index (κ3) is 21.9. The van der Waals surface area contributed by atoms with Crippen LogP contribution in [-0.2, 0) is 128 Å². The SMILES string of the molecule is C=C1CO[C@@H]2[C@@H](C)C(=O)N[C@H](C)C[C@@](C)(OC1)[C@H](O[C@@H]1O[C@H](C)C[C@H](N(C)C)[C@H]1OC(C)=O)[C@@H](C)C(=O)[C@@H](C)C(=O)O[C@H](CC)[C@@]2(C)O.C=C1CO[C@@H]2[C@@H](C)C(=O)N[C@H](C)C[C@@](C)(OC1)[C@H](O[C@@H]1O[C@H](C)C[C@H](N(C)C)[C@H]1OC(C)=O)[C@@H](C)[C@H](O)[C@@H](C)C(=O)O[C@H](CC)[C@@]2(C)O.[V].[V]. The molecule has 0 aromatic carbocycles. The summed E-state index contributed by atoms with van der Waals surface area (Å²) < 4.78 is 75.1. The zero-order valence-corrected chi connectivity index (χ0v) is 64.9. The molecule has 98 heavy (non-hydrogen) atoms. The van der Waals surface area contributed by atoms with E-state index in [1.54, 1.807) is 55.4 Å². The van der Waals surface area contributed by atoms with Crippen molar-refractivity contribution in [1.29, 1.82) is 0 Å². The number of rotatable bonds is 10. The van der Waals surface area contributed by atoms with E-state index in [1.807, 2.05) is 72.6 Å². The first-order valence-electron chi connectivity index (χ1n) is 34.3. The monoisotopic (exact) mass is 1470 g/mol. The minimum atomic E-state index is -1.81. The molecule has 4 bridgehead atoms. The third-order valence-electron chi connectivity index (χ3n) is 20.2. The number of esters is 4. The molecular weight excluding hydrogens is 1350 g/mol. The summed E-state index contributed by atoms with van der Waals surface area (Å²) in [6.07, 6.45) is -10.1. The molecule has 8 aliphatic rings. The maximum absolute atomic E-state index is 14.2. The Morgan fingerprint density at radius 2 is 0.939 bits per heavy atom. The van der Waals surface area contributed by atoms with Crippen molar-refractivity contribution in [2.24, 2.45) is 35.5 Å². The zero-order chi connectivity index (χ0) is 72.6. The summed E-state index contributed by atoms with van der Waals surface area (Å²) in [6.45, 7) is 38.1. The number of Topliss-reactive ketones (excluding diaryl/α,β-unsaturated/α-hetero) is 1. The Labute approximate surface area is 605 Å². The van der Waals surface area contributed by atoms with Gasteiger partial charge in [0, 0.05) is 74.9 Å². The second-order valence-corrected chi connectivity index (χ2v) is 29.6. The molecule has 27 atom stereocenters. The number of nitrogens with one attached hydrogen (secondary N) is 2. The number of nitrogens with zero attached hydrogens (tertiary/aromatic N) is 2. The second kappa shape index (κ2) is 37.4. The third-order valence-corrected chi connectivity index (χ3v) is 20.2. The van der Waals surface area contributed by atoms with Crippen LogP contribution in [0.4, 0.5) is 0 Å². The fourth-order valence-electron chi connectivity index (χ4n) is 14.9. The molecule has 8 saturated heterocycles. The van der Waals surface area contributed by atoms with Crippen LogP contribution in [0.2, 0.25) is 0 Å². The van der Waals surface area contributed by atoms with Gasteiger partial charge in [-0.15, -0.1) is 0 Å². The molecule has 5 N–H and O–H groups in total. The second-order valence-electron chi connectivity index (χ2n) is 29.6. The molecule has 8 fully saturated rings. The summed E-state index contributed by atoms with van der Waals surface area (Å²) in [5, 5.41) is 41.7. The molecule has 2 amide bonds. The van der Waals surface area contributed by atoms with Gasteiger partial charge in [-0.3, -0.25) is 33.6 Å². The van der Waals surface area contributed by atoms with E-state index in [4.69, 9.17) is 56.8 Å². The number of hydrogen-bond acceptors (Lipinski definition) is 24. The van der Waals surface area contributed by atoms with Gasteiger partial charge >= 0.3 is 23.9 Å². The van der Waals surface area contributed by atoms with Crippen molar-refractivity contribution in [2.45, 2.75) is 289 Å². The van der Waals surface area contributed by atoms with Gasteiger partial charge in [-0.1, -0.05) is 54.7 Å². The van der Waals surface area contributed by atoms with Crippen LogP contribution in [0.5, 0.6) is 0 Å². The van der Waals surface area contributed by atoms with Crippen LogP contribution in [0.25, 0.3) is 0 Å². The number of likely N-dealkylation sites (N-methyl/N-ethyl adjacent to an activating group) is 2. The Morgan fingerprint density at radius 3 is 1.31 bits per heavy atom. The molecule has 2 radical (unpaired) electrons. The maximum Gasteiger partial charge on any atom is 0.316 e. The zero-order valence-electron chi connectivity index (χ0n) is 62.2. The summed E-state index contributed by atoms with van der Waals surface area (Å²) in [7, 11) is 7.53. The van der Waals surface area contributed by atoms with Gasteiger partial charge in [0.15, 0.2) is 30.6 Å². The number of carbonyl (C=O) groups is 7. The molecule has 0 aromatic rings. The Hall–Kier alpha value is -3.38. The average molecular weight is 1470 g/mol. The predicted molar refractivity (Wildman–Crippen MR) is 352 cm³/mol. The van der Waals surface area contributed by atoms with E-state index in [-0.39, 0.29) is 125 Å². The Morgan fingerprint density at radius 1 is 0.571 bits per heavy atom. The molecule has 560 valence electrons. The Bertz CT molecular complexity index is 2710. The number of hydrogen-bond donors (Lipinski definition) is 5. The van der Waals surface area contributed by atoms with Crippen molar-refractivity contribution in [3.63, 3.8) is 0 Å². The van der Waals surface area contributed by atoms with Gasteiger partial charge in [0.05, 0.1) is 98.0 Å². The van der Waals surface area contributed by atoms with Crippen LogP contribution in [-0.4, -0.2) is 248 Å². The van der Waals surface area contributed by atoms with Crippen molar-refractivity contribution in [3.05, 3.63) is 24.3 Å². The number of ether oxygens (including phenoxy) is 12. The van der Waals surface area contributed by atoms with E-state index in [1.165, 1.54) is 34.6 Å². The first kappa shape index (κ1) is 88.8. The minimum absolute atomic E-state index is 0. The fourth-order valence-corrected chi connectivity index (χ4v) is 14.9. The quantitative estimate of drug-likeness (QED) is 0.0840. The number of aliphatic hydroxyl groups is 3. The van der Waals surface area contributed by atoms with Gasteiger partial charge in [-0.05, 0) is 147 Å². The fraction of sp³-hybridized carbons (Fsp3) is 0.843. The molecule has 8 aliphatic heterocycles. The summed E-state index contributed by atoms with van der Waals surface area (Å²) in [5.74, 6) is -9.59. The van der Waals surface area contributed by atoms with E-state index < -0.39 is 167 Å². The van der Waals surface area contributed by atoms with Crippen molar-refractivity contribution in [3.8, 4) is 0 Å². The predicted octanol–water partition coefficient (Wildman–Crippen LogP) is 4.90. The summed E-state index contributed by atoms with van der Waals surface area (Å²) in [5.41, 5.74) is -5.05. The molecule has 0 saturated carbocycles. The van der Waals surface area contributed by atoms with Crippen LogP contribution in [0.1, 0.15) is 163 Å². The van der Waals surface area contributed by atoms with Gasteiger partial charge in [-0.2, -0.15) is 0 Å². The Kier molecular flexibility index (Phi) is 33.9. The number of fused-ring (bicyclic) bond motifs is 30. The van der Waals surface area contributed by atoms with Crippen LogP contribution in [0.15, 0.2) is 24.3 Å². The summed E-state index contributed by atoms with van der Waals surface area (Å²) >= 11 is 0. The van der Waals surface area contributed by atoms with Crippen molar-refractivity contribution >= 4 is 41.5 Å². The molecule has 0 aliphatic carbocycles. The number of carbonyl (C=O) groups excluding carboxylic acids is 7. The number of ketones is 1. The first-order chi connectivity index (χ1) is 44.5. The van der Waals surface area contributed by atoms with E-state index in [9.17, 15) is 48.9 Å². The van der Waals surface area contributed by atoms with Crippen LogP contribution >= 0.6 is 0 Å². The van der Waals surface area contributed by atoms with E-state index >= 15 is 0 Å². The van der Waals surface area contributed by atoms with Crippen LogP contribution < -0.4 is 10.6 Å². The molecule has 0 unspecified atom stereocenters. The summed E-state index contributed by atoms with van der Waals surface area (Å²) in [4.78, 5) is 97.5. The largest absolute Gasteiger partial charge is 0.459 e. The van der Waals surface area contributed by atoms with Gasteiger partial charge < -0.3 is 92.6 Å². The summed E-state index contributed by atoms with van der Waals surface area (Å²) in [6, 6.07) is -1.50. The van der Waals surface area contributed by atoms with Crippen molar-refractivity contribution in [2.75, 3.05) is 54.6 Å². The first-order valence-corrected chi connectivity index (χ1v) is 34.3. The van der Waals surface area contributed by atoms with Crippen molar-refractivity contribution < 1.29 is 143 Å². The normalized spacial score (nSPS) is 42.4. The van der Waals surface area contributed by atoms with Crippen molar-refractivity contribution in [1.82, 2.24) is 20.4 Å². The maximum atomic E-state index is 14.2. The molecule has 0 aromatic heterocycles. The van der Waals surface area contributed by atoms with E-state index in [2.05, 4.69) is 23.8 Å². The van der Waals surface area contributed by atoms with Gasteiger partial charge in [0.2, 0.25) is 11.8 Å². The average Bonchev–Trinajstić information content (AvgIpc) is 1.21. The Balaban J connectivity index is 0.000000500. The smallest absolute Gasteiger partial charge is 0.316 e. The van der Waals surface area contributed by atoms with Gasteiger partial charge in [0.1, 0.15) is 41.5 Å². The number of amides is 2. The van der Waals surface area contributed by atoms with E-state index in [0.717, 1.165) is 0 Å². The molecule has 28 heteroatoms. The molecule has 8 heterocycles. The minimum Gasteiger partial charge on any atom is -0.459 e. The topological polar surface area (TPSA) is 321 Å². The molecule has 26 nitrogen and oxygen atoms in total.